The molecule has 2 saturated carbocycles. The second-order valence-corrected chi connectivity index (χ2v) is 3.78. The van der Waals surface area contributed by atoms with Crippen LogP contribution in [0, 0.1) is 11.8 Å². The number of ketones is 1. The van der Waals surface area contributed by atoms with E-state index in [9.17, 15) is 9.90 Å². The molecule has 0 radical (unpaired) electrons. The summed E-state index contributed by atoms with van der Waals surface area (Å²) in [5.74, 6) is 0.648. The molecule has 0 aromatic heterocycles. The molecule has 2 aliphatic carbocycles. The van der Waals surface area contributed by atoms with Crippen molar-refractivity contribution in [1.82, 2.24) is 0 Å². The van der Waals surface area contributed by atoms with Gasteiger partial charge in [0.2, 0.25) is 0 Å². The third-order valence-corrected chi connectivity index (χ3v) is 3.11. The Balaban J connectivity index is 2.16. The van der Waals surface area contributed by atoms with Crippen LogP contribution in [0.5, 0.6) is 0 Å². The van der Waals surface area contributed by atoms with E-state index in [1.54, 1.807) is 0 Å². The Bertz CT molecular complexity index is 176. The predicted octanol–water partition coefficient (Wildman–Crippen LogP) is 1.13. The van der Waals surface area contributed by atoms with Crippen LogP contribution in [-0.2, 0) is 4.79 Å². The molecule has 0 aromatic carbocycles. The zero-order valence-corrected chi connectivity index (χ0v) is 6.62. The van der Waals surface area contributed by atoms with Crippen molar-refractivity contribution in [3.05, 3.63) is 0 Å². The molecular formula is C9H14O2. The van der Waals surface area contributed by atoms with Crippen molar-refractivity contribution in [2.24, 2.45) is 11.8 Å². The number of hydrogen-bond acceptors (Lipinski definition) is 2. The van der Waals surface area contributed by atoms with E-state index >= 15 is 0 Å². The average molecular weight is 154 g/mol. The molecule has 1 N–H and O–H groups in total. The fourth-order valence-corrected chi connectivity index (χ4v) is 2.41. The van der Waals surface area contributed by atoms with Crippen LogP contribution in [0.25, 0.3) is 0 Å². The van der Waals surface area contributed by atoms with Gasteiger partial charge in [0, 0.05) is 11.8 Å². The van der Waals surface area contributed by atoms with Crippen LogP contribution in [0.2, 0.25) is 0 Å². The van der Waals surface area contributed by atoms with Gasteiger partial charge in [0.05, 0.1) is 6.10 Å². The van der Waals surface area contributed by atoms with Crippen molar-refractivity contribution >= 4 is 5.78 Å². The van der Waals surface area contributed by atoms with Crippen LogP contribution in [0.15, 0.2) is 0 Å². The van der Waals surface area contributed by atoms with Gasteiger partial charge in [-0.05, 0) is 25.7 Å². The molecule has 0 aromatic rings. The Morgan fingerprint density at radius 3 is 2.73 bits per heavy atom. The van der Waals surface area contributed by atoms with E-state index in [0.29, 0.717) is 11.7 Å². The second-order valence-electron chi connectivity index (χ2n) is 3.78. The van der Waals surface area contributed by atoms with Crippen molar-refractivity contribution in [3.63, 3.8) is 0 Å². The highest BCUT2D eigenvalue weighted by Crippen LogP contribution is 2.36. The molecule has 2 heteroatoms. The summed E-state index contributed by atoms with van der Waals surface area (Å²) >= 11 is 0. The van der Waals surface area contributed by atoms with Gasteiger partial charge in [-0.1, -0.05) is 6.42 Å². The van der Waals surface area contributed by atoms with E-state index in [4.69, 9.17) is 0 Å². The van der Waals surface area contributed by atoms with Gasteiger partial charge in [-0.15, -0.1) is 0 Å². The van der Waals surface area contributed by atoms with Crippen LogP contribution < -0.4 is 0 Å². The number of Topliss-reactive ketones (excluding diaryl/α,β-unsaturated/α-hetero) is 1. The fourth-order valence-electron chi connectivity index (χ4n) is 2.41. The first kappa shape index (κ1) is 7.29. The smallest absolute Gasteiger partial charge is 0.141 e. The average Bonchev–Trinajstić information content (AvgIpc) is 1.98. The van der Waals surface area contributed by atoms with Gasteiger partial charge in [-0.25, -0.2) is 0 Å². The first-order chi connectivity index (χ1) is 5.29. The van der Waals surface area contributed by atoms with E-state index in [-0.39, 0.29) is 12.0 Å². The minimum absolute atomic E-state index is 0.00231. The van der Waals surface area contributed by atoms with Crippen molar-refractivity contribution in [1.29, 1.82) is 0 Å². The molecule has 0 heterocycles. The third kappa shape index (κ3) is 1.09. The number of hydrogen-bond donors (Lipinski definition) is 1. The van der Waals surface area contributed by atoms with Crippen LogP contribution in [0.1, 0.15) is 32.1 Å². The molecule has 3 atom stereocenters. The number of fused-ring (bicyclic) bond motifs is 2. The predicted molar refractivity (Wildman–Crippen MR) is 41.1 cm³/mol. The lowest BCUT2D eigenvalue weighted by molar-refractivity contribution is -0.137. The van der Waals surface area contributed by atoms with Crippen LogP contribution in [0.4, 0.5) is 0 Å². The largest absolute Gasteiger partial charge is 0.392 e. The Labute approximate surface area is 66.6 Å². The molecule has 2 fully saturated rings. The molecule has 0 aliphatic heterocycles. The molecule has 11 heavy (non-hydrogen) atoms. The van der Waals surface area contributed by atoms with E-state index < -0.39 is 0 Å². The van der Waals surface area contributed by atoms with Gasteiger partial charge in [-0.2, -0.15) is 0 Å². The SMILES string of the molecule is O=C1[C@@H]2CCC[C@H]1[C@H](O)CC2. The summed E-state index contributed by atoms with van der Waals surface area (Å²) in [6.07, 6.45) is 4.59. The lowest BCUT2D eigenvalue weighted by atomic mass is 9.70. The van der Waals surface area contributed by atoms with Crippen molar-refractivity contribution < 1.29 is 9.90 Å². The summed E-state index contributed by atoms with van der Waals surface area (Å²) in [6.45, 7) is 0. The van der Waals surface area contributed by atoms with E-state index in [0.717, 1.165) is 32.1 Å². The van der Waals surface area contributed by atoms with Gasteiger partial charge < -0.3 is 5.11 Å². The zero-order chi connectivity index (χ0) is 7.84. The first-order valence-electron chi connectivity index (χ1n) is 4.51. The second kappa shape index (κ2) is 2.59. The Morgan fingerprint density at radius 2 is 2.00 bits per heavy atom. The Morgan fingerprint density at radius 1 is 1.18 bits per heavy atom. The highest BCUT2D eigenvalue weighted by atomic mass is 16.3. The van der Waals surface area contributed by atoms with E-state index in [2.05, 4.69) is 0 Å². The molecule has 0 amide bonds. The highest BCUT2D eigenvalue weighted by molar-refractivity contribution is 5.85. The molecule has 0 unspecified atom stereocenters. The minimum atomic E-state index is -0.320. The molecule has 0 saturated heterocycles. The van der Waals surface area contributed by atoms with Gasteiger partial charge in [0.25, 0.3) is 0 Å². The molecule has 2 rings (SSSR count). The lowest BCUT2D eigenvalue weighted by Gasteiger charge is -2.36. The maximum Gasteiger partial charge on any atom is 0.141 e. The van der Waals surface area contributed by atoms with Crippen LogP contribution >= 0.6 is 0 Å². The molecule has 2 nitrogen and oxygen atoms in total. The number of carbonyl (C=O) groups excluding carboxylic acids is 1. The monoisotopic (exact) mass is 154 g/mol. The van der Waals surface area contributed by atoms with Gasteiger partial charge in [-0.3, -0.25) is 4.79 Å². The standard InChI is InChI=1S/C9H14O2/c10-8-5-4-6-2-1-3-7(8)9(6)11/h6-8,10H,1-5H2/t6-,7+,8-/m1/s1. The lowest BCUT2D eigenvalue weighted by Crippen LogP contribution is -2.41. The van der Waals surface area contributed by atoms with Gasteiger partial charge in [0.1, 0.15) is 5.78 Å². The number of aliphatic hydroxyl groups is 1. The normalized spacial score (nSPS) is 44.1. The van der Waals surface area contributed by atoms with Crippen molar-refractivity contribution in [3.8, 4) is 0 Å². The van der Waals surface area contributed by atoms with Gasteiger partial charge >= 0.3 is 0 Å². The Hall–Kier alpha value is -0.370. The van der Waals surface area contributed by atoms with Crippen molar-refractivity contribution in [2.45, 2.75) is 38.2 Å². The van der Waals surface area contributed by atoms with Crippen LogP contribution in [-0.4, -0.2) is 17.0 Å². The summed E-state index contributed by atoms with van der Waals surface area (Å²) < 4.78 is 0. The number of carbonyl (C=O) groups is 1. The number of aliphatic hydroxyl groups excluding tert-OH is 1. The van der Waals surface area contributed by atoms with E-state index in [1.807, 2.05) is 0 Å². The Kier molecular flexibility index (Phi) is 1.72. The minimum Gasteiger partial charge on any atom is -0.392 e. The maximum atomic E-state index is 11.5. The molecular weight excluding hydrogens is 140 g/mol. The maximum absolute atomic E-state index is 11.5. The molecule has 0 spiro atoms. The fraction of sp³-hybridized carbons (Fsp3) is 0.889. The summed E-state index contributed by atoms with van der Waals surface area (Å²) in [5.41, 5.74) is 0. The first-order valence-corrected chi connectivity index (χ1v) is 4.51. The summed E-state index contributed by atoms with van der Waals surface area (Å²) in [7, 11) is 0. The third-order valence-electron chi connectivity index (χ3n) is 3.11. The molecule has 2 bridgehead atoms. The topological polar surface area (TPSA) is 37.3 Å². The zero-order valence-electron chi connectivity index (χ0n) is 6.62. The number of rotatable bonds is 0. The molecule has 2 aliphatic rings. The van der Waals surface area contributed by atoms with Gasteiger partial charge in [0.15, 0.2) is 0 Å². The summed E-state index contributed by atoms with van der Waals surface area (Å²) in [4.78, 5) is 11.5. The summed E-state index contributed by atoms with van der Waals surface area (Å²) in [6, 6.07) is 0. The summed E-state index contributed by atoms with van der Waals surface area (Å²) in [5, 5.41) is 9.47. The molecule has 62 valence electrons. The van der Waals surface area contributed by atoms with Crippen molar-refractivity contribution in [2.75, 3.05) is 0 Å². The quantitative estimate of drug-likeness (QED) is 0.568. The highest BCUT2D eigenvalue weighted by Gasteiger charge is 2.39. The van der Waals surface area contributed by atoms with Crippen LogP contribution in [0.3, 0.4) is 0 Å². The van der Waals surface area contributed by atoms with E-state index in [1.165, 1.54) is 0 Å².